The van der Waals surface area contributed by atoms with Gasteiger partial charge in [0.25, 0.3) is 0 Å². The second-order valence-electron chi connectivity index (χ2n) is 2.04. The van der Waals surface area contributed by atoms with E-state index >= 15 is 0 Å². The normalized spacial score (nSPS) is 8.25. The summed E-state index contributed by atoms with van der Waals surface area (Å²) < 4.78 is 0. The molecule has 0 aliphatic rings. The minimum Gasteiger partial charge on any atom is -0.430 e. The van der Waals surface area contributed by atoms with Gasteiger partial charge in [0.15, 0.2) is 0 Å². The van der Waals surface area contributed by atoms with Gasteiger partial charge in [-0.1, -0.05) is 12.1 Å². The van der Waals surface area contributed by atoms with Gasteiger partial charge in [-0.25, -0.2) is 0 Å². The first kappa shape index (κ1) is 11.0. The average molecular weight is 169 g/mol. The van der Waals surface area contributed by atoms with Crippen molar-refractivity contribution in [3.63, 3.8) is 0 Å². The predicted molar refractivity (Wildman–Crippen MR) is 48.4 cm³/mol. The highest BCUT2D eigenvalue weighted by molar-refractivity contribution is 6.13. The van der Waals surface area contributed by atoms with Crippen molar-refractivity contribution in [3.8, 4) is 0 Å². The minimum atomic E-state index is -0.750. The van der Waals surface area contributed by atoms with Gasteiger partial charge >= 0.3 is 7.69 Å². The molecule has 0 spiro atoms. The molecule has 1 aromatic rings. The SMILES string of the molecule is Nc1ccc(CO)cc1.OBO. The van der Waals surface area contributed by atoms with Crippen LogP contribution in [0.15, 0.2) is 24.3 Å². The summed E-state index contributed by atoms with van der Waals surface area (Å²) in [5.41, 5.74) is 7.02. The van der Waals surface area contributed by atoms with Gasteiger partial charge in [0.2, 0.25) is 0 Å². The lowest BCUT2D eigenvalue weighted by molar-refractivity contribution is 0.282. The summed E-state index contributed by atoms with van der Waals surface area (Å²) in [6.07, 6.45) is 0. The fourth-order valence-electron chi connectivity index (χ4n) is 0.623. The maximum atomic E-state index is 8.59. The van der Waals surface area contributed by atoms with Crippen LogP contribution in [0.2, 0.25) is 0 Å². The first-order valence-corrected chi connectivity index (χ1v) is 3.41. The van der Waals surface area contributed by atoms with E-state index in [0.29, 0.717) is 0 Å². The van der Waals surface area contributed by atoms with E-state index in [2.05, 4.69) is 0 Å². The van der Waals surface area contributed by atoms with Gasteiger partial charge in [0.05, 0.1) is 6.61 Å². The maximum absolute atomic E-state index is 8.59. The molecule has 12 heavy (non-hydrogen) atoms. The van der Waals surface area contributed by atoms with Crippen LogP contribution in [0, 0.1) is 0 Å². The Kier molecular flexibility index (Phi) is 6.09. The summed E-state index contributed by atoms with van der Waals surface area (Å²) in [4.78, 5) is 0. The number of aliphatic hydroxyl groups is 1. The Morgan fingerprint density at radius 3 is 1.92 bits per heavy atom. The molecule has 5 heteroatoms. The largest absolute Gasteiger partial charge is 0.432 e. The van der Waals surface area contributed by atoms with Crippen LogP contribution >= 0.6 is 0 Å². The van der Waals surface area contributed by atoms with Crippen LogP contribution in [0.3, 0.4) is 0 Å². The molecule has 0 radical (unpaired) electrons. The van der Waals surface area contributed by atoms with Crippen LogP contribution in [0.5, 0.6) is 0 Å². The molecule has 0 aliphatic carbocycles. The molecule has 0 bridgehead atoms. The lowest BCUT2D eigenvalue weighted by Gasteiger charge is -1.94. The second-order valence-corrected chi connectivity index (χ2v) is 2.04. The summed E-state index contributed by atoms with van der Waals surface area (Å²) in [5, 5.41) is 22.8. The van der Waals surface area contributed by atoms with Crippen LogP contribution in [-0.2, 0) is 6.61 Å². The van der Waals surface area contributed by atoms with Gasteiger partial charge in [0.1, 0.15) is 0 Å². The number of hydrogen-bond acceptors (Lipinski definition) is 4. The molecule has 0 aliphatic heterocycles. The molecule has 1 aromatic carbocycles. The number of benzene rings is 1. The standard InChI is InChI=1S/C7H9NO.BH3O2/c8-7-3-1-6(5-9)2-4-7;2-1-3/h1-4,9H,5,8H2;1-3H. The Labute approximate surface area is 71.6 Å². The minimum absolute atomic E-state index is 0.0836. The Morgan fingerprint density at radius 1 is 1.17 bits per heavy atom. The molecule has 0 unspecified atom stereocenters. The van der Waals surface area contributed by atoms with Crippen molar-refractivity contribution in [2.75, 3.05) is 5.73 Å². The number of anilines is 1. The zero-order chi connectivity index (χ0) is 9.40. The van der Waals surface area contributed by atoms with E-state index in [4.69, 9.17) is 20.9 Å². The van der Waals surface area contributed by atoms with Crippen LogP contribution in [0.4, 0.5) is 5.69 Å². The number of hydrogen-bond donors (Lipinski definition) is 4. The van der Waals surface area contributed by atoms with Crippen molar-refractivity contribution < 1.29 is 15.2 Å². The van der Waals surface area contributed by atoms with Crippen LogP contribution in [0.1, 0.15) is 5.56 Å². The van der Waals surface area contributed by atoms with Gasteiger partial charge in [-0.15, -0.1) is 0 Å². The maximum Gasteiger partial charge on any atom is 0.432 e. The summed E-state index contributed by atoms with van der Waals surface area (Å²) in [5.74, 6) is 0. The van der Waals surface area contributed by atoms with Crippen LogP contribution in [-0.4, -0.2) is 22.8 Å². The zero-order valence-corrected chi connectivity index (χ0v) is 6.64. The average Bonchev–Trinajstić information content (AvgIpc) is 2.07. The molecule has 1 rings (SSSR count). The molecule has 0 saturated heterocycles. The molecule has 0 heterocycles. The molecule has 4 nitrogen and oxygen atoms in total. The number of rotatable bonds is 1. The Balaban J connectivity index is 0.000000354. The molecule has 0 saturated carbocycles. The van der Waals surface area contributed by atoms with E-state index in [1.54, 1.807) is 24.3 Å². The van der Waals surface area contributed by atoms with Crippen molar-refractivity contribution in [1.82, 2.24) is 0 Å². The number of nitrogens with two attached hydrogens (primary N) is 1. The van der Waals surface area contributed by atoms with Gasteiger partial charge < -0.3 is 20.9 Å². The van der Waals surface area contributed by atoms with Crippen molar-refractivity contribution in [2.24, 2.45) is 0 Å². The topological polar surface area (TPSA) is 86.7 Å². The predicted octanol–water partition coefficient (Wildman–Crippen LogP) is -1.00. The van der Waals surface area contributed by atoms with Gasteiger partial charge in [-0.3, -0.25) is 0 Å². The van der Waals surface area contributed by atoms with E-state index in [-0.39, 0.29) is 6.61 Å². The summed E-state index contributed by atoms with van der Waals surface area (Å²) in [7, 11) is -0.750. The summed E-state index contributed by atoms with van der Waals surface area (Å²) >= 11 is 0. The zero-order valence-electron chi connectivity index (χ0n) is 6.64. The third kappa shape index (κ3) is 4.73. The monoisotopic (exact) mass is 169 g/mol. The Hall–Kier alpha value is -1.04. The summed E-state index contributed by atoms with van der Waals surface area (Å²) in [6, 6.07) is 7.14. The smallest absolute Gasteiger partial charge is 0.430 e. The molecule has 0 aromatic heterocycles. The van der Waals surface area contributed by atoms with Crippen LogP contribution in [0.25, 0.3) is 0 Å². The van der Waals surface area contributed by atoms with Crippen molar-refractivity contribution in [2.45, 2.75) is 6.61 Å². The van der Waals surface area contributed by atoms with E-state index in [1.165, 1.54) is 0 Å². The van der Waals surface area contributed by atoms with Crippen LogP contribution < -0.4 is 5.73 Å². The van der Waals surface area contributed by atoms with E-state index < -0.39 is 7.69 Å². The second kappa shape index (κ2) is 6.66. The molecular formula is C7H12BNO3. The fraction of sp³-hybridized carbons (Fsp3) is 0.143. The van der Waals surface area contributed by atoms with Crippen molar-refractivity contribution in [1.29, 1.82) is 0 Å². The first-order valence-electron chi connectivity index (χ1n) is 3.41. The molecule has 0 fully saturated rings. The summed E-state index contributed by atoms with van der Waals surface area (Å²) in [6.45, 7) is 0.0836. The van der Waals surface area contributed by atoms with E-state index in [0.717, 1.165) is 11.3 Å². The van der Waals surface area contributed by atoms with Gasteiger partial charge in [0, 0.05) is 5.69 Å². The van der Waals surface area contributed by atoms with E-state index in [9.17, 15) is 0 Å². The Bertz CT molecular complexity index is 202. The highest BCUT2D eigenvalue weighted by atomic mass is 16.4. The highest BCUT2D eigenvalue weighted by Gasteiger charge is 1.86. The first-order chi connectivity index (χ1) is 5.74. The van der Waals surface area contributed by atoms with E-state index in [1.807, 2.05) is 0 Å². The third-order valence-corrected chi connectivity index (χ3v) is 1.16. The lowest BCUT2D eigenvalue weighted by Crippen LogP contribution is -1.85. The molecule has 66 valence electrons. The number of nitrogen functional groups attached to an aromatic ring is 1. The fourth-order valence-corrected chi connectivity index (χ4v) is 0.623. The van der Waals surface area contributed by atoms with Crippen molar-refractivity contribution >= 4 is 13.4 Å². The quantitative estimate of drug-likeness (QED) is 0.320. The Morgan fingerprint density at radius 2 is 1.58 bits per heavy atom. The molecule has 0 atom stereocenters. The van der Waals surface area contributed by atoms with Gasteiger partial charge in [-0.2, -0.15) is 0 Å². The van der Waals surface area contributed by atoms with Crippen molar-refractivity contribution in [3.05, 3.63) is 29.8 Å². The molecule has 5 N–H and O–H groups in total. The molecule has 0 amide bonds. The highest BCUT2D eigenvalue weighted by Crippen LogP contribution is 2.03. The number of aliphatic hydroxyl groups excluding tert-OH is 1. The third-order valence-electron chi connectivity index (χ3n) is 1.16. The lowest BCUT2D eigenvalue weighted by atomic mass is 10.2. The molecular weight excluding hydrogens is 157 g/mol. The van der Waals surface area contributed by atoms with Gasteiger partial charge in [-0.05, 0) is 17.7 Å².